The number of methoxy groups -OCH3 is 2. The molecular formula is C21H32O4. The lowest BCUT2D eigenvalue weighted by Gasteiger charge is -2.45. The Morgan fingerprint density at radius 3 is 2.76 bits per heavy atom. The largest absolute Gasteiger partial charge is 0.469 e. The summed E-state index contributed by atoms with van der Waals surface area (Å²) >= 11 is 0. The molecule has 4 fully saturated rings. The van der Waals surface area contributed by atoms with Crippen LogP contribution in [0.1, 0.15) is 51.9 Å². The van der Waals surface area contributed by atoms with E-state index in [1.807, 2.05) is 0 Å². The number of hydrogen-bond donors (Lipinski definition) is 1. The molecule has 4 nitrogen and oxygen atoms in total. The van der Waals surface area contributed by atoms with E-state index in [9.17, 15) is 9.90 Å². The summed E-state index contributed by atoms with van der Waals surface area (Å²) in [6.07, 6.45) is 6.78. The van der Waals surface area contributed by atoms with E-state index in [4.69, 9.17) is 9.47 Å². The molecule has 1 N–H and O–H groups in total. The van der Waals surface area contributed by atoms with Gasteiger partial charge in [0.05, 0.1) is 25.2 Å². The van der Waals surface area contributed by atoms with E-state index in [-0.39, 0.29) is 28.6 Å². The lowest BCUT2D eigenvalue weighted by atomic mass is 9.60. The number of rotatable bonds is 3. The van der Waals surface area contributed by atoms with Gasteiger partial charge >= 0.3 is 5.97 Å². The maximum atomic E-state index is 13.0. The number of aliphatic hydroxyl groups is 1. The van der Waals surface area contributed by atoms with Crippen LogP contribution in [0.5, 0.6) is 0 Å². The van der Waals surface area contributed by atoms with Crippen LogP contribution in [0.3, 0.4) is 0 Å². The molecule has 4 rings (SSSR count). The third-order valence-corrected chi connectivity index (χ3v) is 8.41. The molecule has 25 heavy (non-hydrogen) atoms. The van der Waals surface area contributed by atoms with Crippen molar-refractivity contribution in [2.24, 2.45) is 34.5 Å². The zero-order valence-corrected chi connectivity index (χ0v) is 15.8. The van der Waals surface area contributed by atoms with Crippen molar-refractivity contribution in [3.63, 3.8) is 0 Å². The van der Waals surface area contributed by atoms with E-state index in [2.05, 4.69) is 13.5 Å². The molecule has 7 atom stereocenters. The second-order valence-electron chi connectivity index (χ2n) is 9.54. The number of hydrogen-bond acceptors (Lipinski definition) is 4. The van der Waals surface area contributed by atoms with Crippen LogP contribution in [-0.2, 0) is 14.3 Å². The molecule has 0 aromatic carbocycles. The molecule has 0 heterocycles. The predicted octanol–water partition coefficient (Wildman–Crippen LogP) is 3.34. The van der Waals surface area contributed by atoms with Crippen LogP contribution in [-0.4, -0.2) is 37.5 Å². The zero-order chi connectivity index (χ0) is 18.0. The highest BCUT2D eigenvalue weighted by atomic mass is 16.5. The molecular weight excluding hydrogens is 316 g/mol. The molecule has 2 bridgehead atoms. The molecule has 0 aromatic rings. The highest BCUT2D eigenvalue weighted by molar-refractivity contribution is 5.75. The monoisotopic (exact) mass is 348 g/mol. The molecule has 4 saturated carbocycles. The number of carbonyl (C=O) groups is 1. The number of ether oxygens (including phenoxy) is 2. The SMILES string of the molecule is C=C1CC23CC1(O)CCC2C1CCCC(C)(COC)C1C3C(=O)OC. The van der Waals surface area contributed by atoms with Gasteiger partial charge in [-0.2, -0.15) is 0 Å². The Hall–Kier alpha value is -0.870. The fourth-order valence-corrected chi connectivity index (χ4v) is 7.66. The average molecular weight is 348 g/mol. The van der Waals surface area contributed by atoms with E-state index < -0.39 is 5.60 Å². The van der Waals surface area contributed by atoms with Crippen LogP contribution >= 0.6 is 0 Å². The van der Waals surface area contributed by atoms with Crippen LogP contribution in [0.4, 0.5) is 0 Å². The van der Waals surface area contributed by atoms with Crippen molar-refractivity contribution in [2.75, 3.05) is 20.8 Å². The average Bonchev–Trinajstić information content (AvgIpc) is 2.95. The molecule has 4 aliphatic rings. The van der Waals surface area contributed by atoms with Gasteiger partial charge in [-0.1, -0.05) is 19.9 Å². The van der Waals surface area contributed by atoms with Gasteiger partial charge in [-0.05, 0) is 72.7 Å². The van der Waals surface area contributed by atoms with Crippen LogP contribution < -0.4 is 0 Å². The van der Waals surface area contributed by atoms with E-state index in [1.54, 1.807) is 7.11 Å². The van der Waals surface area contributed by atoms with Crippen molar-refractivity contribution in [2.45, 2.75) is 57.5 Å². The molecule has 0 aliphatic heterocycles. The molecule has 140 valence electrons. The summed E-state index contributed by atoms with van der Waals surface area (Å²) in [6.45, 7) is 7.20. The van der Waals surface area contributed by atoms with Gasteiger partial charge in [0.25, 0.3) is 0 Å². The zero-order valence-electron chi connectivity index (χ0n) is 15.8. The maximum absolute atomic E-state index is 13.0. The quantitative estimate of drug-likeness (QED) is 0.628. The lowest BCUT2D eigenvalue weighted by molar-refractivity contribution is -0.157. The highest BCUT2D eigenvalue weighted by Crippen LogP contribution is 2.74. The molecule has 0 saturated heterocycles. The van der Waals surface area contributed by atoms with E-state index in [1.165, 1.54) is 20.0 Å². The molecule has 7 unspecified atom stereocenters. The van der Waals surface area contributed by atoms with E-state index >= 15 is 0 Å². The molecule has 4 heteroatoms. The number of fused-ring (bicyclic) bond motifs is 3. The third-order valence-electron chi connectivity index (χ3n) is 8.41. The normalized spacial score (nSPS) is 51.1. The van der Waals surface area contributed by atoms with Gasteiger partial charge in [0.15, 0.2) is 0 Å². The minimum atomic E-state index is -0.770. The molecule has 0 radical (unpaired) electrons. The lowest BCUT2D eigenvalue weighted by Crippen LogP contribution is -2.46. The fraction of sp³-hybridized carbons (Fsp3) is 0.857. The Balaban J connectivity index is 1.84. The van der Waals surface area contributed by atoms with Crippen molar-refractivity contribution < 1.29 is 19.4 Å². The van der Waals surface area contributed by atoms with E-state index in [0.717, 1.165) is 31.3 Å². The first-order valence-corrected chi connectivity index (χ1v) is 9.79. The fourth-order valence-electron chi connectivity index (χ4n) is 7.66. The van der Waals surface area contributed by atoms with Crippen molar-refractivity contribution in [1.29, 1.82) is 0 Å². The summed E-state index contributed by atoms with van der Waals surface area (Å²) in [5, 5.41) is 11.1. The molecule has 0 aromatic heterocycles. The third kappa shape index (κ3) is 2.16. The van der Waals surface area contributed by atoms with Gasteiger partial charge in [-0.25, -0.2) is 0 Å². The molecule has 1 spiro atoms. The molecule has 0 amide bonds. The van der Waals surface area contributed by atoms with Crippen molar-refractivity contribution >= 4 is 5.97 Å². The minimum absolute atomic E-state index is 0.00462. The van der Waals surface area contributed by atoms with Crippen molar-refractivity contribution in [3.05, 3.63) is 12.2 Å². The van der Waals surface area contributed by atoms with Gasteiger partial charge in [-0.3, -0.25) is 4.79 Å². The maximum Gasteiger partial charge on any atom is 0.309 e. The number of esters is 1. The summed E-state index contributed by atoms with van der Waals surface area (Å²) in [5.41, 5.74) is 0.0146. The van der Waals surface area contributed by atoms with Crippen LogP contribution in [0.15, 0.2) is 12.2 Å². The van der Waals surface area contributed by atoms with Gasteiger partial charge in [0.2, 0.25) is 0 Å². The van der Waals surface area contributed by atoms with Crippen molar-refractivity contribution in [3.8, 4) is 0 Å². The first-order valence-electron chi connectivity index (χ1n) is 9.79. The Morgan fingerprint density at radius 1 is 1.32 bits per heavy atom. The second kappa shape index (κ2) is 5.56. The van der Waals surface area contributed by atoms with Gasteiger partial charge in [0, 0.05) is 7.11 Å². The van der Waals surface area contributed by atoms with Crippen LogP contribution in [0, 0.1) is 34.5 Å². The standard InChI is InChI=1S/C21H32O4/c1-13-10-20-11-21(13,23)9-7-15(20)14-6-5-8-19(2,12-24-3)16(14)17(20)18(22)25-4/h14-17,23H,1,5-12H2,2-4H3. The molecule has 4 aliphatic carbocycles. The van der Waals surface area contributed by atoms with Gasteiger partial charge < -0.3 is 14.6 Å². The van der Waals surface area contributed by atoms with Crippen LogP contribution in [0.25, 0.3) is 0 Å². The summed E-state index contributed by atoms with van der Waals surface area (Å²) in [7, 11) is 3.27. The van der Waals surface area contributed by atoms with E-state index in [0.29, 0.717) is 24.9 Å². The smallest absolute Gasteiger partial charge is 0.309 e. The Bertz CT molecular complexity index is 597. The van der Waals surface area contributed by atoms with Crippen molar-refractivity contribution in [1.82, 2.24) is 0 Å². The number of carbonyl (C=O) groups excluding carboxylic acids is 1. The summed E-state index contributed by atoms with van der Waals surface area (Å²) < 4.78 is 10.9. The van der Waals surface area contributed by atoms with Gasteiger partial charge in [0.1, 0.15) is 0 Å². The topological polar surface area (TPSA) is 55.8 Å². The minimum Gasteiger partial charge on any atom is -0.469 e. The first kappa shape index (κ1) is 17.5. The summed E-state index contributed by atoms with van der Waals surface area (Å²) in [6, 6.07) is 0. The van der Waals surface area contributed by atoms with Gasteiger partial charge in [-0.15, -0.1) is 0 Å². The summed E-state index contributed by atoms with van der Waals surface area (Å²) in [5.74, 6) is 1.10. The first-order chi connectivity index (χ1) is 11.8. The second-order valence-corrected chi connectivity index (χ2v) is 9.54. The highest BCUT2D eigenvalue weighted by Gasteiger charge is 2.72. The Morgan fingerprint density at radius 2 is 2.08 bits per heavy atom. The summed E-state index contributed by atoms with van der Waals surface area (Å²) in [4.78, 5) is 13.0. The predicted molar refractivity (Wildman–Crippen MR) is 94.8 cm³/mol. The Kier molecular flexibility index (Phi) is 3.90. The Labute approximate surface area is 151 Å². The van der Waals surface area contributed by atoms with Crippen LogP contribution in [0.2, 0.25) is 0 Å².